The third-order valence-corrected chi connectivity index (χ3v) is 6.92. The Hall–Kier alpha value is 0.522. The fourth-order valence-electron chi connectivity index (χ4n) is 1.95. The van der Waals surface area contributed by atoms with Gasteiger partial charge in [0.1, 0.15) is 0 Å². The summed E-state index contributed by atoms with van der Waals surface area (Å²) < 4.78 is 40.1. The molecule has 0 atom stereocenters. The maximum atomic E-state index is 9.99. The average Bonchev–Trinajstić information content (AvgIpc) is 2.55. The number of rotatable bonds is 12. The van der Waals surface area contributed by atoms with Gasteiger partial charge in [-0.3, -0.25) is 0 Å². The molecule has 0 aliphatic carbocycles. The second-order valence-corrected chi connectivity index (χ2v) is 15.9. The molecule has 0 spiro atoms. The van der Waals surface area contributed by atoms with Crippen molar-refractivity contribution in [1.29, 1.82) is 0 Å². The standard InChI is InChI=1S/2C9H22O4Si.2C4H10O.Mo.O/c2*1-7(2)11-14(10,12-8(3)4)13-9(5)6;2*1-4(2,3)5;;/h2*7-10H,1-6H3;2*5H,1-3H3;;. The summed E-state index contributed by atoms with van der Waals surface area (Å²) in [4.78, 5) is 20.0. The Kier molecular flexibility index (Phi) is 31.2. The van der Waals surface area contributed by atoms with E-state index in [-0.39, 0.29) is 36.6 Å². The third kappa shape index (κ3) is 58.2. The van der Waals surface area contributed by atoms with Gasteiger partial charge in [0.05, 0.1) is 11.2 Å². The van der Waals surface area contributed by atoms with Crippen LogP contribution in [0.5, 0.6) is 0 Å². The molecule has 0 saturated heterocycles. The van der Waals surface area contributed by atoms with Crippen LogP contribution in [0.3, 0.4) is 0 Å². The molecule has 0 aliphatic rings. The molecule has 11 nitrogen and oxygen atoms in total. The molecular weight excluding hydrogens is 640 g/mol. The Labute approximate surface area is 259 Å². The minimum absolute atomic E-state index is 0.107. The summed E-state index contributed by atoms with van der Waals surface area (Å²) in [5.74, 6) is 0. The van der Waals surface area contributed by atoms with Crippen LogP contribution in [0.25, 0.3) is 0 Å². The molecule has 0 heterocycles. The van der Waals surface area contributed by atoms with Crippen molar-refractivity contribution >= 4 is 18.1 Å². The van der Waals surface area contributed by atoms with Gasteiger partial charge in [-0.2, -0.15) is 0 Å². The van der Waals surface area contributed by atoms with Crippen LogP contribution in [0.4, 0.5) is 0 Å². The van der Waals surface area contributed by atoms with Gasteiger partial charge in [-0.25, -0.2) is 0 Å². The summed E-state index contributed by atoms with van der Waals surface area (Å²) in [5.41, 5.74) is -1.00. The zero-order valence-electron chi connectivity index (χ0n) is 28.5. The average molecular weight is 705 g/mol. The molecule has 0 rings (SSSR count). The third-order valence-electron chi connectivity index (χ3n) is 2.31. The summed E-state index contributed by atoms with van der Waals surface area (Å²) in [7, 11) is -6.88. The second kappa shape index (κ2) is 24.9. The van der Waals surface area contributed by atoms with Crippen molar-refractivity contribution in [3.63, 3.8) is 0 Å². The Bertz CT molecular complexity index is 453. The van der Waals surface area contributed by atoms with E-state index in [1.54, 1.807) is 41.5 Å². The SMILES string of the molecule is CC(C)(C)O.CC(C)(C)O.CC(C)O[Si](O)(OC(C)C)OC(C)C.CC(C)O[Si](O)(OC(C)C)OC(C)C.[O]=[Mo]. The normalized spacial score (nSPS) is 12.4. The van der Waals surface area contributed by atoms with Crippen LogP contribution >= 0.6 is 0 Å². The molecule has 0 aliphatic heterocycles. The van der Waals surface area contributed by atoms with Gasteiger partial charge in [0.25, 0.3) is 0 Å². The van der Waals surface area contributed by atoms with Gasteiger partial charge in [0.15, 0.2) is 0 Å². The molecule has 4 N–H and O–H groups in total. The van der Waals surface area contributed by atoms with Gasteiger partial charge in [0, 0.05) is 36.6 Å². The van der Waals surface area contributed by atoms with E-state index in [4.69, 9.17) is 40.2 Å². The van der Waals surface area contributed by atoms with Crippen LogP contribution in [-0.2, 0) is 49.7 Å². The van der Waals surface area contributed by atoms with Crippen molar-refractivity contribution in [2.24, 2.45) is 0 Å². The zero-order valence-corrected chi connectivity index (χ0v) is 32.5. The van der Waals surface area contributed by atoms with Crippen molar-refractivity contribution < 1.29 is 69.5 Å². The van der Waals surface area contributed by atoms with Crippen LogP contribution in [0.1, 0.15) is 125 Å². The van der Waals surface area contributed by atoms with Crippen molar-refractivity contribution in [3.05, 3.63) is 0 Å². The number of hydrogen-bond acceptors (Lipinski definition) is 11. The second-order valence-electron chi connectivity index (χ2n) is 12.4. The summed E-state index contributed by atoms with van der Waals surface area (Å²) in [6.07, 6.45) is -0.644. The van der Waals surface area contributed by atoms with Crippen LogP contribution < -0.4 is 0 Å². The fourth-order valence-corrected chi connectivity index (χ4v) is 5.86. The maximum absolute atomic E-state index is 9.99. The summed E-state index contributed by atoms with van der Waals surface area (Å²) in [6, 6.07) is 0. The van der Waals surface area contributed by atoms with Crippen molar-refractivity contribution in [1.82, 2.24) is 0 Å². The summed E-state index contributed by atoms with van der Waals surface area (Å²) in [6.45, 7) is 32.5. The van der Waals surface area contributed by atoms with Crippen LogP contribution in [0.15, 0.2) is 0 Å². The first-order valence-corrected chi connectivity index (χ1v) is 17.8. The van der Waals surface area contributed by atoms with E-state index in [9.17, 15) is 9.59 Å². The van der Waals surface area contributed by atoms with E-state index >= 15 is 0 Å². The topological polar surface area (TPSA) is 153 Å². The number of hydrogen-bond donors (Lipinski definition) is 4. The van der Waals surface area contributed by atoms with Crippen LogP contribution in [0, 0.1) is 0 Å². The molecule has 0 aromatic heterocycles. The van der Waals surface area contributed by atoms with E-state index in [2.05, 4.69) is 0 Å². The molecule has 0 radical (unpaired) electrons. The molecular formula is C26H64MoO11Si2. The van der Waals surface area contributed by atoms with Gasteiger partial charge in [-0.1, -0.05) is 0 Å². The van der Waals surface area contributed by atoms with Gasteiger partial charge < -0.3 is 46.4 Å². The van der Waals surface area contributed by atoms with E-state index in [0.29, 0.717) is 19.8 Å². The van der Waals surface area contributed by atoms with Gasteiger partial charge in [-0.15, -0.1) is 0 Å². The Morgan fingerprint density at radius 2 is 0.500 bits per heavy atom. The first kappa shape index (κ1) is 50.2. The molecule has 0 saturated carbocycles. The Balaban J connectivity index is -0.000000146. The molecule has 0 unspecified atom stereocenters. The van der Waals surface area contributed by atoms with Gasteiger partial charge in [0.2, 0.25) is 0 Å². The van der Waals surface area contributed by atoms with Crippen LogP contribution in [0.2, 0.25) is 0 Å². The summed E-state index contributed by atoms with van der Waals surface area (Å²) >= 11 is 0.700. The molecule has 248 valence electrons. The van der Waals surface area contributed by atoms with Crippen molar-refractivity contribution in [2.45, 2.75) is 172 Å². The monoisotopic (exact) mass is 706 g/mol. The predicted octanol–water partition coefficient (Wildman–Crippen LogP) is 4.81. The van der Waals surface area contributed by atoms with Crippen molar-refractivity contribution in [3.8, 4) is 0 Å². The van der Waals surface area contributed by atoms with Crippen LogP contribution in [-0.4, -0.2) is 85.7 Å². The molecule has 0 amide bonds. The molecule has 40 heavy (non-hydrogen) atoms. The van der Waals surface area contributed by atoms with E-state index in [1.165, 1.54) is 0 Å². The van der Waals surface area contributed by atoms with E-state index in [0.717, 1.165) is 0 Å². The van der Waals surface area contributed by atoms with Gasteiger partial charge >= 0.3 is 41.3 Å². The first-order valence-electron chi connectivity index (χ1n) is 13.6. The Morgan fingerprint density at radius 1 is 0.425 bits per heavy atom. The molecule has 0 bridgehead atoms. The van der Waals surface area contributed by atoms with E-state index in [1.807, 2.05) is 83.1 Å². The zero-order chi connectivity index (χ0) is 33.7. The summed E-state index contributed by atoms with van der Waals surface area (Å²) in [5, 5.41) is 17.0. The predicted molar refractivity (Wildman–Crippen MR) is 158 cm³/mol. The van der Waals surface area contributed by atoms with Crippen molar-refractivity contribution in [2.75, 3.05) is 0 Å². The molecule has 14 heteroatoms. The quantitative estimate of drug-likeness (QED) is 0.207. The fraction of sp³-hybridized carbons (Fsp3) is 1.00. The van der Waals surface area contributed by atoms with Gasteiger partial charge in [-0.05, 0) is 125 Å². The minimum atomic E-state index is -3.44. The Morgan fingerprint density at radius 3 is 0.550 bits per heavy atom. The number of aliphatic hydroxyl groups is 2. The molecule has 0 aromatic rings. The first-order chi connectivity index (χ1) is 17.5. The molecule has 0 aromatic carbocycles. The molecule has 0 fully saturated rings. The van der Waals surface area contributed by atoms with E-state index < -0.39 is 29.3 Å².